The Morgan fingerprint density at radius 3 is 2.61 bits per heavy atom. The third-order valence-corrected chi connectivity index (χ3v) is 5.15. The molecule has 124 valence electrons. The van der Waals surface area contributed by atoms with Gasteiger partial charge in [-0.05, 0) is 73.9 Å². The molecule has 2 N–H and O–H groups in total. The van der Waals surface area contributed by atoms with Gasteiger partial charge in [0.1, 0.15) is 0 Å². The molecule has 0 bridgehead atoms. The lowest BCUT2D eigenvalue weighted by Crippen LogP contribution is -2.30. The molecule has 0 saturated carbocycles. The molecule has 4 nitrogen and oxygen atoms in total. The molecule has 0 unspecified atom stereocenters. The highest BCUT2D eigenvalue weighted by molar-refractivity contribution is 9.10. The number of hydrogen-bond donors (Lipinski definition) is 2. The average molecular weight is 395 g/mol. The van der Waals surface area contributed by atoms with Crippen molar-refractivity contribution in [3.63, 3.8) is 0 Å². The summed E-state index contributed by atoms with van der Waals surface area (Å²) in [5.74, 6) is 0. The fourth-order valence-electron chi connectivity index (χ4n) is 2.44. The van der Waals surface area contributed by atoms with Crippen molar-refractivity contribution < 1.29 is 0 Å². The van der Waals surface area contributed by atoms with E-state index < -0.39 is 0 Å². The molecule has 1 aromatic carbocycles. The summed E-state index contributed by atoms with van der Waals surface area (Å²) in [6, 6.07) is 6.29. The molecule has 0 aliphatic rings. The first-order valence-corrected chi connectivity index (χ1v) is 8.90. The molecule has 1 heterocycles. The third kappa shape index (κ3) is 4.78. The quantitative estimate of drug-likeness (QED) is 0.587. The summed E-state index contributed by atoms with van der Waals surface area (Å²) in [6.45, 7) is 9.94. The summed E-state index contributed by atoms with van der Waals surface area (Å²) in [5, 5.41) is 11.7. The Morgan fingerprint density at radius 1 is 1.26 bits per heavy atom. The number of nitrogens with zero attached hydrogens (tertiary/aromatic N) is 2. The molecule has 0 saturated heterocycles. The number of nitrogens with one attached hydrogen (secondary N) is 2. The molecular weight excluding hydrogens is 372 g/mol. The Labute approximate surface area is 151 Å². The number of aryl methyl sites for hydroxylation is 4. The molecule has 6 heteroatoms. The Hall–Kier alpha value is -1.40. The van der Waals surface area contributed by atoms with Crippen molar-refractivity contribution in [2.75, 3.05) is 11.9 Å². The van der Waals surface area contributed by atoms with Gasteiger partial charge in [0.25, 0.3) is 0 Å². The minimum Gasteiger partial charge on any atom is -0.362 e. The van der Waals surface area contributed by atoms with E-state index in [4.69, 9.17) is 12.2 Å². The highest BCUT2D eigenvalue weighted by atomic mass is 79.9. The van der Waals surface area contributed by atoms with Gasteiger partial charge in [-0.2, -0.15) is 5.10 Å². The van der Waals surface area contributed by atoms with Gasteiger partial charge >= 0.3 is 0 Å². The summed E-state index contributed by atoms with van der Waals surface area (Å²) in [4.78, 5) is 0. The monoisotopic (exact) mass is 394 g/mol. The Kier molecular flexibility index (Phi) is 6.18. The van der Waals surface area contributed by atoms with Crippen molar-refractivity contribution in [3.8, 4) is 0 Å². The maximum absolute atomic E-state index is 5.36. The van der Waals surface area contributed by atoms with E-state index in [0.717, 1.165) is 35.4 Å². The zero-order valence-electron chi connectivity index (χ0n) is 14.0. The van der Waals surface area contributed by atoms with E-state index in [2.05, 4.69) is 70.6 Å². The molecule has 0 atom stereocenters. The first kappa shape index (κ1) is 17.9. The highest BCUT2D eigenvalue weighted by Crippen LogP contribution is 2.19. The van der Waals surface area contributed by atoms with Crippen LogP contribution in [0.25, 0.3) is 0 Å². The molecule has 2 aromatic rings. The number of thiocarbonyl (C=S) groups is 1. The summed E-state index contributed by atoms with van der Waals surface area (Å²) in [7, 11) is 0. The van der Waals surface area contributed by atoms with Crippen molar-refractivity contribution >= 4 is 38.9 Å². The van der Waals surface area contributed by atoms with Gasteiger partial charge in [0.2, 0.25) is 0 Å². The third-order valence-electron chi connectivity index (χ3n) is 3.76. The molecule has 2 rings (SSSR count). The Bertz CT molecular complexity index is 709. The molecule has 0 radical (unpaired) electrons. The van der Waals surface area contributed by atoms with Crippen LogP contribution >= 0.6 is 28.1 Å². The standard InChI is InChI=1S/C17H23BrN4S/c1-11-6-7-15(12(2)10-11)20-17(23)19-8-5-9-22-14(4)16(18)13(3)21-22/h6-7,10H,5,8-9H2,1-4H3,(H2,19,20,23). The van der Waals surface area contributed by atoms with Gasteiger partial charge in [-0.25, -0.2) is 0 Å². The van der Waals surface area contributed by atoms with E-state index >= 15 is 0 Å². The van der Waals surface area contributed by atoms with Crippen molar-refractivity contribution in [2.45, 2.75) is 40.7 Å². The number of hydrogen-bond acceptors (Lipinski definition) is 2. The van der Waals surface area contributed by atoms with Crippen molar-refractivity contribution in [3.05, 3.63) is 45.2 Å². The second-order valence-corrected chi connectivity index (χ2v) is 6.96. The fourth-order valence-corrected chi connectivity index (χ4v) is 2.94. The van der Waals surface area contributed by atoms with Crippen molar-refractivity contribution in [2.24, 2.45) is 0 Å². The summed E-state index contributed by atoms with van der Waals surface area (Å²) in [6.07, 6.45) is 0.961. The minimum atomic E-state index is 0.659. The van der Waals surface area contributed by atoms with Crippen LogP contribution in [0.15, 0.2) is 22.7 Å². The second-order valence-electron chi connectivity index (χ2n) is 5.76. The molecule has 0 fully saturated rings. The van der Waals surface area contributed by atoms with E-state index in [1.165, 1.54) is 16.8 Å². The van der Waals surface area contributed by atoms with Gasteiger partial charge in [0, 0.05) is 24.5 Å². The van der Waals surface area contributed by atoms with Gasteiger partial charge in [0.05, 0.1) is 10.2 Å². The van der Waals surface area contributed by atoms with Crippen LogP contribution in [0, 0.1) is 27.7 Å². The molecule has 1 aromatic heterocycles. The molecule has 0 aliphatic heterocycles. The maximum atomic E-state index is 5.36. The maximum Gasteiger partial charge on any atom is 0.170 e. The lowest BCUT2D eigenvalue weighted by Gasteiger charge is -2.13. The van der Waals surface area contributed by atoms with E-state index in [9.17, 15) is 0 Å². The SMILES string of the molecule is Cc1ccc(NC(=S)NCCCn2nc(C)c(Br)c2C)c(C)c1. The first-order valence-electron chi connectivity index (χ1n) is 7.70. The van der Waals surface area contributed by atoms with Crippen molar-refractivity contribution in [1.29, 1.82) is 0 Å². The topological polar surface area (TPSA) is 41.9 Å². The zero-order chi connectivity index (χ0) is 17.0. The van der Waals surface area contributed by atoms with Gasteiger partial charge in [-0.15, -0.1) is 0 Å². The van der Waals surface area contributed by atoms with Crippen LogP contribution in [0.1, 0.15) is 28.9 Å². The first-order chi connectivity index (χ1) is 10.9. The molecule has 0 aliphatic carbocycles. The van der Waals surface area contributed by atoms with Crippen LogP contribution < -0.4 is 10.6 Å². The Morgan fingerprint density at radius 2 is 2.00 bits per heavy atom. The second kappa shape index (κ2) is 7.93. The number of anilines is 1. The van der Waals surface area contributed by atoms with Crippen LogP contribution in [-0.4, -0.2) is 21.4 Å². The van der Waals surface area contributed by atoms with Crippen molar-refractivity contribution in [1.82, 2.24) is 15.1 Å². The number of aromatic nitrogens is 2. The summed E-state index contributed by atoms with van der Waals surface area (Å²) >= 11 is 8.91. The largest absolute Gasteiger partial charge is 0.362 e. The van der Waals surface area contributed by atoms with Crippen LogP contribution in [-0.2, 0) is 6.54 Å². The van der Waals surface area contributed by atoms with Gasteiger partial charge in [-0.1, -0.05) is 17.7 Å². The lowest BCUT2D eigenvalue weighted by molar-refractivity contribution is 0.558. The molecule has 0 spiro atoms. The van der Waals surface area contributed by atoms with Crippen LogP contribution in [0.3, 0.4) is 0 Å². The summed E-state index contributed by atoms with van der Waals surface area (Å²) < 4.78 is 3.12. The predicted octanol–water partition coefficient (Wildman–Crippen LogP) is 4.26. The Balaban J connectivity index is 1.77. The predicted molar refractivity (Wildman–Crippen MR) is 104 cm³/mol. The molecule has 0 amide bonds. The number of benzene rings is 1. The molecule has 23 heavy (non-hydrogen) atoms. The van der Waals surface area contributed by atoms with Crippen LogP contribution in [0.5, 0.6) is 0 Å². The number of rotatable bonds is 5. The van der Waals surface area contributed by atoms with E-state index in [-0.39, 0.29) is 0 Å². The lowest BCUT2D eigenvalue weighted by atomic mass is 10.1. The smallest absolute Gasteiger partial charge is 0.170 e. The zero-order valence-corrected chi connectivity index (χ0v) is 16.4. The summed E-state index contributed by atoms with van der Waals surface area (Å²) in [5.41, 5.74) is 5.70. The van der Waals surface area contributed by atoms with Gasteiger partial charge in [0.15, 0.2) is 5.11 Å². The number of halogens is 1. The molecular formula is C17H23BrN4S. The normalized spacial score (nSPS) is 10.7. The van der Waals surface area contributed by atoms with E-state index in [1.54, 1.807) is 0 Å². The van der Waals surface area contributed by atoms with Gasteiger partial charge < -0.3 is 10.6 Å². The van der Waals surface area contributed by atoms with E-state index in [1.807, 2.05) is 11.6 Å². The average Bonchev–Trinajstić information content (AvgIpc) is 2.74. The van der Waals surface area contributed by atoms with Gasteiger partial charge in [-0.3, -0.25) is 4.68 Å². The minimum absolute atomic E-state index is 0.659. The van der Waals surface area contributed by atoms with E-state index in [0.29, 0.717) is 5.11 Å². The fraction of sp³-hybridized carbons (Fsp3) is 0.412. The highest BCUT2D eigenvalue weighted by Gasteiger charge is 2.08. The van der Waals surface area contributed by atoms with Crippen LogP contribution in [0.2, 0.25) is 0 Å². The van der Waals surface area contributed by atoms with Crippen LogP contribution in [0.4, 0.5) is 5.69 Å².